The van der Waals surface area contributed by atoms with E-state index in [1.807, 2.05) is 0 Å². The summed E-state index contributed by atoms with van der Waals surface area (Å²) < 4.78 is 15.5. The highest BCUT2D eigenvalue weighted by molar-refractivity contribution is 8.18. The van der Waals surface area contributed by atoms with Gasteiger partial charge in [-0.3, -0.25) is 4.79 Å². The van der Waals surface area contributed by atoms with Gasteiger partial charge in [0.2, 0.25) is 0 Å². The number of aliphatic carboxylic acids is 1. The number of ether oxygens (including phenoxy) is 3. The molecule has 0 saturated heterocycles. The molecule has 0 unspecified atom stereocenters. The first kappa shape index (κ1) is 25.9. The fourth-order valence-corrected chi connectivity index (χ4v) is 4.19. The second-order valence-electron chi connectivity index (χ2n) is 6.85. The largest absolute Gasteiger partial charge is 0.506 e. The molecule has 0 bridgehead atoms. The Balaban J connectivity index is 1.99. The molecule has 0 spiro atoms. The van der Waals surface area contributed by atoms with Crippen LogP contribution in [-0.2, 0) is 14.3 Å². The molecule has 1 aliphatic heterocycles. The molecule has 0 radical (unpaired) electrons. The Morgan fingerprint density at radius 1 is 1.14 bits per heavy atom. The van der Waals surface area contributed by atoms with Crippen LogP contribution in [0.3, 0.4) is 0 Å². The first-order chi connectivity index (χ1) is 16.7. The van der Waals surface area contributed by atoms with E-state index in [2.05, 4.69) is 4.99 Å². The van der Waals surface area contributed by atoms with Gasteiger partial charge in [-0.05, 0) is 42.8 Å². The number of amides is 1. The molecule has 0 atom stereocenters. The third-order valence-electron chi connectivity index (χ3n) is 4.51. The molecule has 0 aromatic heterocycles. The van der Waals surface area contributed by atoms with Crippen LogP contribution >= 0.6 is 23.4 Å². The molecule has 11 heteroatoms. The number of rotatable bonds is 8. The fraction of sp³-hybridized carbons (Fsp3) is 0.167. The monoisotopic (exact) mass is 517 g/mol. The number of thioether (sulfide) groups is 1. The van der Waals surface area contributed by atoms with Crippen LogP contribution in [0.5, 0.6) is 11.5 Å². The average molecular weight is 518 g/mol. The lowest BCUT2D eigenvalue weighted by Crippen LogP contribution is -2.14. The van der Waals surface area contributed by atoms with Crippen LogP contribution in [0, 0.1) is 0 Å². The summed E-state index contributed by atoms with van der Waals surface area (Å²) in [7, 11) is 1.39. The lowest BCUT2D eigenvalue weighted by molar-refractivity contribution is -0.139. The van der Waals surface area contributed by atoms with Crippen molar-refractivity contribution in [3.05, 3.63) is 74.9 Å². The Bertz CT molecular complexity index is 1270. The summed E-state index contributed by atoms with van der Waals surface area (Å²) in [6.07, 6.45) is 1.55. The summed E-state index contributed by atoms with van der Waals surface area (Å²) in [5.74, 6) is -2.57. The minimum atomic E-state index is -1.14. The number of hydrogen-bond donors (Lipinski definition) is 2. The van der Waals surface area contributed by atoms with Gasteiger partial charge >= 0.3 is 11.9 Å². The molecule has 1 aliphatic rings. The Hall–Kier alpha value is -3.76. The average Bonchev–Trinajstić information content (AvgIpc) is 3.12. The zero-order valence-electron chi connectivity index (χ0n) is 18.6. The van der Waals surface area contributed by atoms with Crippen molar-refractivity contribution in [2.75, 3.05) is 20.3 Å². The SMILES string of the molecule is CCOC(=O)C1=C(O)/C(=C/c2ccc(OCC(=O)O)c(OC)c2)SC1=NC(=O)c1ccccc1Cl. The molecule has 182 valence electrons. The van der Waals surface area contributed by atoms with Gasteiger partial charge in [0.15, 0.2) is 18.1 Å². The van der Waals surface area contributed by atoms with Crippen molar-refractivity contribution < 1.29 is 38.8 Å². The van der Waals surface area contributed by atoms with Crippen LogP contribution in [0.15, 0.2) is 63.7 Å². The lowest BCUT2D eigenvalue weighted by Gasteiger charge is -2.10. The normalized spacial score (nSPS) is 15.4. The number of benzene rings is 2. The van der Waals surface area contributed by atoms with E-state index in [0.717, 1.165) is 11.8 Å². The van der Waals surface area contributed by atoms with Crippen molar-refractivity contribution in [2.45, 2.75) is 6.92 Å². The number of aliphatic hydroxyl groups excluding tert-OH is 1. The molecule has 35 heavy (non-hydrogen) atoms. The van der Waals surface area contributed by atoms with Gasteiger partial charge in [-0.2, -0.15) is 0 Å². The number of halogens is 1. The molecular weight excluding hydrogens is 498 g/mol. The van der Waals surface area contributed by atoms with Crippen LogP contribution in [0.25, 0.3) is 6.08 Å². The third kappa shape index (κ3) is 6.23. The Kier molecular flexibility index (Phi) is 8.56. The maximum atomic E-state index is 12.7. The van der Waals surface area contributed by atoms with Crippen LogP contribution < -0.4 is 9.47 Å². The quantitative estimate of drug-likeness (QED) is 0.485. The molecule has 2 aromatic rings. The Morgan fingerprint density at radius 2 is 1.89 bits per heavy atom. The van der Waals surface area contributed by atoms with Gasteiger partial charge in [0, 0.05) is 0 Å². The van der Waals surface area contributed by atoms with Crippen LogP contribution in [-0.4, -0.2) is 53.4 Å². The highest BCUT2D eigenvalue weighted by atomic mass is 35.5. The zero-order valence-corrected chi connectivity index (χ0v) is 20.2. The number of carbonyl (C=O) groups is 3. The molecule has 0 saturated carbocycles. The number of nitrogens with zero attached hydrogens (tertiary/aromatic N) is 1. The highest BCUT2D eigenvalue weighted by Crippen LogP contribution is 2.40. The van der Waals surface area contributed by atoms with Crippen molar-refractivity contribution in [2.24, 2.45) is 4.99 Å². The summed E-state index contributed by atoms with van der Waals surface area (Å²) in [5.41, 5.74) is 0.446. The van der Waals surface area contributed by atoms with Crippen molar-refractivity contribution >= 4 is 52.3 Å². The van der Waals surface area contributed by atoms with E-state index in [9.17, 15) is 19.5 Å². The molecule has 1 amide bonds. The van der Waals surface area contributed by atoms with Gasteiger partial charge in [0.05, 0.1) is 29.2 Å². The van der Waals surface area contributed by atoms with Gasteiger partial charge in [-0.15, -0.1) is 0 Å². The van der Waals surface area contributed by atoms with Crippen molar-refractivity contribution in [1.82, 2.24) is 0 Å². The fourth-order valence-electron chi connectivity index (χ4n) is 2.96. The van der Waals surface area contributed by atoms with E-state index in [1.165, 1.54) is 19.2 Å². The first-order valence-corrected chi connectivity index (χ1v) is 11.3. The summed E-state index contributed by atoms with van der Waals surface area (Å²) in [6.45, 7) is 1.12. The number of carboxylic acid groups (broad SMARTS) is 1. The summed E-state index contributed by atoms with van der Waals surface area (Å²) >= 11 is 6.99. The molecule has 1 heterocycles. The predicted molar refractivity (Wildman–Crippen MR) is 131 cm³/mol. The van der Waals surface area contributed by atoms with Crippen LogP contribution in [0.4, 0.5) is 0 Å². The number of esters is 1. The van der Waals surface area contributed by atoms with E-state index < -0.39 is 30.2 Å². The van der Waals surface area contributed by atoms with Gasteiger partial charge in [0.1, 0.15) is 16.4 Å². The van der Waals surface area contributed by atoms with E-state index >= 15 is 0 Å². The van der Waals surface area contributed by atoms with Crippen LogP contribution in [0.2, 0.25) is 5.02 Å². The standard InChI is InChI=1S/C24H20ClNO8S/c1-3-33-24(31)20-21(29)18(35-23(20)26-22(30)14-6-4-5-7-15(14)25)11-13-8-9-16(17(10-13)32-2)34-12-19(27)28/h4-11,29H,3,12H2,1-2H3,(H,27,28)/b18-11-,26-23?. The van der Waals surface area contributed by atoms with Crippen LogP contribution in [0.1, 0.15) is 22.8 Å². The minimum Gasteiger partial charge on any atom is -0.506 e. The topological polar surface area (TPSA) is 132 Å². The lowest BCUT2D eigenvalue weighted by atomic mass is 10.1. The Morgan fingerprint density at radius 3 is 2.54 bits per heavy atom. The number of carboxylic acids is 1. The first-order valence-electron chi connectivity index (χ1n) is 10.2. The van der Waals surface area contributed by atoms with Gasteiger partial charge in [-0.25, -0.2) is 14.6 Å². The van der Waals surface area contributed by atoms with Crippen molar-refractivity contribution in [1.29, 1.82) is 0 Å². The smallest absolute Gasteiger partial charge is 0.344 e. The number of carbonyl (C=O) groups excluding carboxylic acids is 2. The summed E-state index contributed by atoms with van der Waals surface area (Å²) in [4.78, 5) is 40.3. The molecule has 0 fully saturated rings. The summed E-state index contributed by atoms with van der Waals surface area (Å²) in [6, 6.07) is 11.0. The van der Waals surface area contributed by atoms with E-state index in [-0.39, 0.29) is 44.2 Å². The van der Waals surface area contributed by atoms with Crippen molar-refractivity contribution in [3.8, 4) is 11.5 Å². The second-order valence-corrected chi connectivity index (χ2v) is 8.29. The molecule has 2 aromatic carbocycles. The predicted octanol–water partition coefficient (Wildman–Crippen LogP) is 4.51. The number of aliphatic imine (C=N–C) groups is 1. The van der Waals surface area contributed by atoms with Gasteiger partial charge < -0.3 is 24.4 Å². The maximum Gasteiger partial charge on any atom is 0.344 e. The molecule has 3 rings (SSSR count). The number of hydrogen-bond acceptors (Lipinski definition) is 8. The summed E-state index contributed by atoms with van der Waals surface area (Å²) in [5, 5.41) is 19.8. The minimum absolute atomic E-state index is 0.0366. The molecular formula is C24H20ClNO8S. The zero-order chi connectivity index (χ0) is 25.5. The molecule has 9 nitrogen and oxygen atoms in total. The van der Waals surface area contributed by atoms with Gasteiger partial charge in [-0.1, -0.05) is 41.6 Å². The molecule has 2 N–H and O–H groups in total. The van der Waals surface area contributed by atoms with Crippen molar-refractivity contribution in [3.63, 3.8) is 0 Å². The highest BCUT2D eigenvalue weighted by Gasteiger charge is 2.34. The third-order valence-corrected chi connectivity index (χ3v) is 5.86. The maximum absolute atomic E-state index is 12.7. The molecule has 0 aliphatic carbocycles. The van der Waals surface area contributed by atoms with Gasteiger partial charge in [0.25, 0.3) is 5.91 Å². The van der Waals surface area contributed by atoms with E-state index in [1.54, 1.807) is 43.3 Å². The number of aliphatic hydroxyl groups is 1. The second kappa shape index (κ2) is 11.6. The van der Waals surface area contributed by atoms with E-state index in [4.69, 9.17) is 30.9 Å². The Labute approximate surface area is 209 Å². The van der Waals surface area contributed by atoms with E-state index in [0.29, 0.717) is 5.56 Å². The number of methoxy groups -OCH3 is 1.